The maximum Gasteiger partial charge on any atom is 0.273 e. The fraction of sp³-hybridized carbons (Fsp3) is 0.0769. The zero-order valence-corrected chi connectivity index (χ0v) is 10.2. The minimum absolute atomic E-state index is 0.00832. The molecule has 0 aliphatic rings. The van der Waals surface area contributed by atoms with Gasteiger partial charge in [-0.1, -0.05) is 30.3 Å². The minimum atomic E-state index is -0.450. The molecule has 0 atom stereocenters. The average molecular weight is 258 g/mol. The van der Waals surface area contributed by atoms with Crippen LogP contribution < -0.4 is 16.6 Å². The van der Waals surface area contributed by atoms with Gasteiger partial charge in [-0.3, -0.25) is 16.0 Å². The molecular formula is C13H14N4O2. The maximum atomic E-state index is 10.8. The Kier molecular flexibility index (Phi) is 3.94. The van der Waals surface area contributed by atoms with Crippen molar-refractivity contribution in [2.24, 2.45) is 5.84 Å². The summed E-state index contributed by atoms with van der Waals surface area (Å²) in [5.74, 6) is 5.29. The Morgan fingerprint density at radius 2 is 1.79 bits per heavy atom. The standard InChI is InChI=1S/C13H14N4O2/c14-16-12-6-11(7-13(8-12)17(18)19)15-9-10-4-2-1-3-5-10/h1-8,15-16H,9,14H2. The van der Waals surface area contributed by atoms with Crippen LogP contribution in [0.25, 0.3) is 0 Å². The third kappa shape index (κ3) is 3.43. The molecule has 2 rings (SSSR count). The van der Waals surface area contributed by atoms with Gasteiger partial charge in [-0.05, 0) is 11.6 Å². The van der Waals surface area contributed by atoms with Crippen molar-refractivity contribution >= 4 is 17.1 Å². The zero-order valence-electron chi connectivity index (χ0n) is 10.2. The molecule has 0 heterocycles. The third-order valence-electron chi connectivity index (χ3n) is 2.63. The Balaban J connectivity index is 2.15. The van der Waals surface area contributed by atoms with E-state index in [2.05, 4.69) is 10.7 Å². The number of non-ortho nitro benzene ring substituents is 1. The molecule has 0 aliphatic heterocycles. The van der Waals surface area contributed by atoms with E-state index >= 15 is 0 Å². The molecule has 0 amide bonds. The Morgan fingerprint density at radius 3 is 2.42 bits per heavy atom. The van der Waals surface area contributed by atoms with Gasteiger partial charge in [0.1, 0.15) is 0 Å². The van der Waals surface area contributed by atoms with Gasteiger partial charge in [0.2, 0.25) is 0 Å². The van der Waals surface area contributed by atoms with Crippen molar-refractivity contribution in [2.75, 3.05) is 10.7 Å². The summed E-state index contributed by atoms with van der Waals surface area (Å²) in [6, 6.07) is 14.4. The summed E-state index contributed by atoms with van der Waals surface area (Å²) in [5.41, 5.74) is 4.64. The molecule has 0 aliphatic carbocycles. The molecule has 6 heteroatoms. The van der Waals surface area contributed by atoms with Crippen LogP contribution >= 0.6 is 0 Å². The topological polar surface area (TPSA) is 93.2 Å². The lowest BCUT2D eigenvalue weighted by Gasteiger charge is -2.08. The van der Waals surface area contributed by atoms with Crippen molar-refractivity contribution in [1.82, 2.24) is 0 Å². The number of hydrogen-bond acceptors (Lipinski definition) is 5. The Bertz CT molecular complexity index is 572. The van der Waals surface area contributed by atoms with E-state index in [1.54, 1.807) is 6.07 Å². The molecule has 0 fully saturated rings. The molecule has 2 aromatic carbocycles. The minimum Gasteiger partial charge on any atom is -0.381 e. The van der Waals surface area contributed by atoms with Crippen molar-refractivity contribution in [3.63, 3.8) is 0 Å². The number of benzene rings is 2. The third-order valence-corrected chi connectivity index (χ3v) is 2.63. The molecule has 2 aromatic rings. The summed E-state index contributed by atoms with van der Waals surface area (Å²) >= 11 is 0. The molecule has 0 bridgehead atoms. The van der Waals surface area contributed by atoms with Gasteiger partial charge in [-0.15, -0.1) is 0 Å². The number of hydrogen-bond donors (Lipinski definition) is 3. The van der Waals surface area contributed by atoms with Crippen LogP contribution in [0.5, 0.6) is 0 Å². The summed E-state index contributed by atoms with van der Waals surface area (Å²) < 4.78 is 0. The highest BCUT2D eigenvalue weighted by Crippen LogP contribution is 2.24. The lowest BCUT2D eigenvalue weighted by atomic mass is 10.2. The van der Waals surface area contributed by atoms with Crippen molar-refractivity contribution in [1.29, 1.82) is 0 Å². The molecule has 98 valence electrons. The number of anilines is 2. The zero-order chi connectivity index (χ0) is 13.7. The number of rotatable bonds is 5. The molecule has 0 saturated carbocycles. The predicted octanol–water partition coefficient (Wildman–Crippen LogP) is 2.49. The quantitative estimate of drug-likeness (QED) is 0.435. The summed E-state index contributed by atoms with van der Waals surface area (Å²) in [6.07, 6.45) is 0. The van der Waals surface area contributed by atoms with E-state index in [4.69, 9.17) is 5.84 Å². The van der Waals surface area contributed by atoms with Crippen LogP contribution in [-0.2, 0) is 6.54 Å². The van der Waals surface area contributed by atoms with E-state index in [1.165, 1.54) is 12.1 Å². The maximum absolute atomic E-state index is 10.8. The van der Waals surface area contributed by atoms with Crippen LogP contribution in [0.3, 0.4) is 0 Å². The molecule has 6 nitrogen and oxygen atoms in total. The second-order valence-electron chi connectivity index (χ2n) is 4.01. The van der Waals surface area contributed by atoms with Gasteiger partial charge in [-0.25, -0.2) is 0 Å². The summed E-state index contributed by atoms with van der Waals surface area (Å²) in [5, 5.41) is 13.9. The number of nitrogens with zero attached hydrogens (tertiary/aromatic N) is 1. The molecule has 0 spiro atoms. The number of nitro groups is 1. The van der Waals surface area contributed by atoms with E-state index in [1.807, 2.05) is 30.3 Å². The number of nitrogens with two attached hydrogens (primary N) is 1. The van der Waals surface area contributed by atoms with Crippen molar-refractivity contribution in [3.8, 4) is 0 Å². The fourth-order valence-corrected chi connectivity index (χ4v) is 1.70. The first-order valence-corrected chi connectivity index (χ1v) is 5.73. The molecule has 0 radical (unpaired) electrons. The van der Waals surface area contributed by atoms with Gasteiger partial charge in [0.25, 0.3) is 5.69 Å². The number of nitrogen functional groups attached to an aromatic ring is 1. The first-order valence-electron chi connectivity index (χ1n) is 5.73. The smallest absolute Gasteiger partial charge is 0.273 e. The molecule has 0 saturated heterocycles. The second-order valence-corrected chi connectivity index (χ2v) is 4.01. The van der Waals surface area contributed by atoms with Crippen LogP contribution in [0.4, 0.5) is 17.1 Å². The average Bonchev–Trinajstić information content (AvgIpc) is 2.45. The largest absolute Gasteiger partial charge is 0.381 e. The lowest BCUT2D eigenvalue weighted by Crippen LogP contribution is -2.08. The van der Waals surface area contributed by atoms with Gasteiger partial charge in [0.05, 0.1) is 10.6 Å². The van der Waals surface area contributed by atoms with Crippen LogP contribution in [0, 0.1) is 10.1 Å². The first kappa shape index (κ1) is 12.8. The summed E-state index contributed by atoms with van der Waals surface area (Å²) in [6.45, 7) is 0.589. The van der Waals surface area contributed by atoms with E-state index in [-0.39, 0.29) is 5.69 Å². The molecule has 0 unspecified atom stereocenters. The molecular weight excluding hydrogens is 244 g/mol. The Labute approximate surface area is 110 Å². The molecule has 0 aromatic heterocycles. The number of nitro benzene ring substituents is 1. The number of hydrazine groups is 1. The van der Waals surface area contributed by atoms with Crippen LogP contribution in [0.1, 0.15) is 5.56 Å². The van der Waals surface area contributed by atoms with E-state index in [0.717, 1.165) is 5.56 Å². The van der Waals surface area contributed by atoms with Crippen LogP contribution in [-0.4, -0.2) is 4.92 Å². The first-order chi connectivity index (χ1) is 9.19. The van der Waals surface area contributed by atoms with E-state index < -0.39 is 4.92 Å². The van der Waals surface area contributed by atoms with Gasteiger partial charge in [0, 0.05) is 24.4 Å². The Morgan fingerprint density at radius 1 is 1.11 bits per heavy atom. The van der Waals surface area contributed by atoms with Gasteiger partial charge >= 0.3 is 0 Å². The summed E-state index contributed by atoms with van der Waals surface area (Å²) in [7, 11) is 0. The number of nitrogens with one attached hydrogen (secondary N) is 2. The van der Waals surface area contributed by atoms with Gasteiger partial charge in [0.15, 0.2) is 0 Å². The van der Waals surface area contributed by atoms with Crippen molar-refractivity contribution in [3.05, 3.63) is 64.2 Å². The molecule has 4 N–H and O–H groups in total. The second kappa shape index (κ2) is 5.83. The highest BCUT2D eigenvalue weighted by atomic mass is 16.6. The van der Waals surface area contributed by atoms with E-state index in [0.29, 0.717) is 17.9 Å². The normalized spacial score (nSPS) is 9.95. The monoisotopic (exact) mass is 258 g/mol. The fourth-order valence-electron chi connectivity index (χ4n) is 1.70. The lowest BCUT2D eigenvalue weighted by molar-refractivity contribution is -0.384. The van der Waals surface area contributed by atoms with Gasteiger partial charge < -0.3 is 10.7 Å². The van der Waals surface area contributed by atoms with E-state index in [9.17, 15) is 10.1 Å². The molecule has 19 heavy (non-hydrogen) atoms. The SMILES string of the molecule is NNc1cc(NCc2ccccc2)cc([N+](=O)[O-])c1. The van der Waals surface area contributed by atoms with Crippen LogP contribution in [0.15, 0.2) is 48.5 Å². The summed E-state index contributed by atoms with van der Waals surface area (Å²) in [4.78, 5) is 10.4. The van der Waals surface area contributed by atoms with Gasteiger partial charge in [-0.2, -0.15) is 0 Å². The Hall–Kier alpha value is -2.60. The van der Waals surface area contributed by atoms with Crippen molar-refractivity contribution < 1.29 is 4.92 Å². The highest BCUT2D eigenvalue weighted by Gasteiger charge is 2.09. The van der Waals surface area contributed by atoms with Crippen LogP contribution in [0.2, 0.25) is 0 Å². The highest BCUT2D eigenvalue weighted by molar-refractivity contribution is 5.63. The predicted molar refractivity (Wildman–Crippen MR) is 74.7 cm³/mol. The van der Waals surface area contributed by atoms with Crippen molar-refractivity contribution in [2.45, 2.75) is 6.54 Å².